The summed E-state index contributed by atoms with van der Waals surface area (Å²) in [5.41, 5.74) is 0.879. The molecule has 2 aliphatic carbocycles. The van der Waals surface area contributed by atoms with Crippen LogP contribution in [0.15, 0.2) is 6.07 Å². The van der Waals surface area contributed by atoms with Gasteiger partial charge < -0.3 is 15.4 Å². The Balaban J connectivity index is 0.00000169. The summed E-state index contributed by atoms with van der Waals surface area (Å²) in [6.45, 7) is 4.77. The van der Waals surface area contributed by atoms with Gasteiger partial charge in [-0.1, -0.05) is 0 Å². The molecule has 1 aromatic rings. The van der Waals surface area contributed by atoms with Crippen LogP contribution < -0.4 is 10.6 Å². The monoisotopic (exact) mass is 370 g/mol. The summed E-state index contributed by atoms with van der Waals surface area (Å²) >= 11 is 1.80. The van der Waals surface area contributed by atoms with Crippen molar-refractivity contribution >= 4 is 29.7 Å². The van der Waals surface area contributed by atoms with Gasteiger partial charge in [-0.2, -0.15) is 0 Å². The van der Waals surface area contributed by atoms with E-state index in [1.165, 1.54) is 30.7 Å². The minimum Gasteiger partial charge on any atom is -0.381 e. The van der Waals surface area contributed by atoms with Crippen LogP contribution in [0.1, 0.15) is 58.1 Å². The van der Waals surface area contributed by atoms with Crippen LogP contribution in [-0.2, 0) is 4.74 Å². The van der Waals surface area contributed by atoms with E-state index in [-0.39, 0.29) is 24.4 Å². The number of thiophene rings is 1. The molecule has 0 aromatic carbocycles. The summed E-state index contributed by atoms with van der Waals surface area (Å²) < 4.78 is 5.35. The highest BCUT2D eigenvalue weighted by molar-refractivity contribution is 7.12. The average Bonchev–Trinajstić information content (AvgIpc) is 3.45. The molecule has 2 saturated carbocycles. The summed E-state index contributed by atoms with van der Waals surface area (Å²) in [5.74, 6) is 1.66. The first-order valence-corrected chi connectivity index (χ1v) is 9.74. The van der Waals surface area contributed by atoms with Gasteiger partial charge in [-0.3, -0.25) is 4.79 Å². The Morgan fingerprint density at radius 1 is 1.29 bits per heavy atom. The van der Waals surface area contributed by atoms with Crippen molar-refractivity contribution < 1.29 is 9.53 Å². The fraction of sp³-hybridized carbons (Fsp3) is 0.722. The lowest BCUT2D eigenvalue weighted by Crippen LogP contribution is -2.38. The summed E-state index contributed by atoms with van der Waals surface area (Å²) in [5, 5.41) is 6.86. The third kappa shape index (κ3) is 4.31. The maximum atomic E-state index is 12.5. The maximum Gasteiger partial charge on any atom is 0.252 e. The zero-order chi connectivity index (χ0) is 15.8. The Kier molecular flexibility index (Phi) is 5.85. The number of aryl methyl sites for hydroxylation is 1. The van der Waals surface area contributed by atoms with E-state index in [9.17, 15) is 4.79 Å². The van der Waals surface area contributed by atoms with Gasteiger partial charge >= 0.3 is 0 Å². The second kappa shape index (κ2) is 7.73. The van der Waals surface area contributed by atoms with Crippen LogP contribution in [0.2, 0.25) is 0 Å². The van der Waals surface area contributed by atoms with E-state index in [2.05, 4.69) is 23.6 Å². The molecule has 2 atom stereocenters. The molecule has 1 saturated heterocycles. The first-order chi connectivity index (χ1) is 11.2. The normalized spacial score (nSPS) is 26.7. The first-order valence-electron chi connectivity index (χ1n) is 8.93. The number of carbonyl (C=O) groups is 1. The van der Waals surface area contributed by atoms with Gasteiger partial charge in [0.2, 0.25) is 0 Å². The number of amides is 1. The predicted molar refractivity (Wildman–Crippen MR) is 99.5 cm³/mol. The molecule has 0 spiro atoms. The van der Waals surface area contributed by atoms with E-state index < -0.39 is 0 Å². The molecule has 4 rings (SSSR count). The topological polar surface area (TPSA) is 50.4 Å². The van der Waals surface area contributed by atoms with E-state index in [0.717, 1.165) is 42.4 Å². The smallest absolute Gasteiger partial charge is 0.252 e. The third-order valence-corrected chi connectivity index (χ3v) is 6.44. The second-order valence-electron chi connectivity index (χ2n) is 7.28. The lowest BCUT2D eigenvalue weighted by molar-refractivity contribution is 0.0696. The number of hydrogen-bond acceptors (Lipinski definition) is 4. The van der Waals surface area contributed by atoms with Gasteiger partial charge in [0.25, 0.3) is 5.91 Å². The minimum absolute atomic E-state index is 0. The van der Waals surface area contributed by atoms with Crippen LogP contribution in [-0.4, -0.2) is 37.7 Å². The molecule has 6 heteroatoms. The minimum atomic E-state index is 0. The van der Waals surface area contributed by atoms with Crippen molar-refractivity contribution in [1.29, 1.82) is 0 Å². The molecule has 1 amide bonds. The Labute approximate surface area is 154 Å². The quantitative estimate of drug-likeness (QED) is 0.808. The summed E-state index contributed by atoms with van der Waals surface area (Å²) in [7, 11) is 0. The lowest BCUT2D eigenvalue weighted by atomic mass is 10.1. The van der Waals surface area contributed by atoms with Gasteiger partial charge in [0.05, 0.1) is 5.56 Å². The zero-order valence-corrected chi connectivity index (χ0v) is 15.8. The number of carbonyl (C=O) groups excluding carboxylic acids is 1. The average molecular weight is 371 g/mol. The van der Waals surface area contributed by atoms with Crippen molar-refractivity contribution in [1.82, 2.24) is 10.6 Å². The molecule has 0 bridgehead atoms. The van der Waals surface area contributed by atoms with Gasteiger partial charge in [-0.25, -0.2) is 0 Å². The molecular weight excluding hydrogens is 344 g/mol. The van der Waals surface area contributed by atoms with Gasteiger partial charge in [0.1, 0.15) is 0 Å². The summed E-state index contributed by atoms with van der Waals surface area (Å²) in [6.07, 6.45) is 5.89. The molecule has 3 fully saturated rings. The van der Waals surface area contributed by atoms with Crippen molar-refractivity contribution in [3.8, 4) is 0 Å². The predicted octanol–water partition coefficient (Wildman–Crippen LogP) is 3.24. The Bertz CT molecular complexity index is 582. The molecule has 1 aliphatic heterocycles. The summed E-state index contributed by atoms with van der Waals surface area (Å²) in [6, 6.07) is 3.05. The van der Waals surface area contributed by atoms with Crippen LogP contribution in [0, 0.1) is 12.8 Å². The van der Waals surface area contributed by atoms with E-state index in [1.807, 2.05) is 0 Å². The molecule has 134 valence electrons. The van der Waals surface area contributed by atoms with Crippen molar-refractivity contribution in [2.75, 3.05) is 19.8 Å². The van der Waals surface area contributed by atoms with Crippen molar-refractivity contribution in [2.45, 2.75) is 57.0 Å². The van der Waals surface area contributed by atoms with Crippen LogP contribution >= 0.6 is 23.7 Å². The maximum absolute atomic E-state index is 12.5. The van der Waals surface area contributed by atoms with Crippen molar-refractivity contribution in [3.63, 3.8) is 0 Å². The molecular formula is C18H27ClN2O2S. The van der Waals surface area contributed by atoms with Crippen LogP contribution in [0.3, 0.4) is 0 Å². The van der Waals surface area contributed by atoms with E-state index in [0.29, 0.717) is 12.0 Å². The number of hydrogen-bond donors (Lipinski definition) is 2. The number of halogens is 1. The highest BCUT2D eigenvalue weighted by atomic mass is 35.5. The highest BCUT2D eigenvalue weighted by Crippen LogP contribution is 2.45. The molecule has 0 radical (unpaired) electrons. The van der Waals surface area contributed by atoms with E-state index in [4.69, 9.17) is 4.74 Å². The first kappa shape index (κ1) is 18.2. The largest absolute Gasteiger partial charge is 0.381 e. The fourth-order valence-corrected chi connectivity index (χ4v) is 4.60. The molecule has 2 heterocycles. The van der Waals surface area contributed by atoms with E-state index >= 15 is 0 Å². The molecule has 24 heavy (non-hydrogen) atoms. The van der Waals surface area contributed by atoms with Crippen LogP contribution in [0.4, 0.5) is 0 Å². The molecule has 0 unspecified atom stereocenters. The number of rotatable bonds is 6. The highest BCUT2D eigenvalue weighted by Gasteiger charge is 2.40. The van der Waals surface area contributed by atoms with Gasteiger partial charge in [0, 0.05) is 41.0 Å². The van der Waals surface area contributed by atoms with Gasteiger partial charge in [0.15, 0.2) is 0 Å². The third-order valence-electron chi connectivity index (χ3n) is 5.26. The summed E-state index contributed by atoms with van der Waals surface area (Å²) in [4.78, 5) is 15.1. The molecule has 2 N–H and O–H groups in total. The Morgan fingerprint density at radius 3 is 2.75 bits per heavy atom. The van der Waals surface area contributed by atoms with Crippen LogP contribution in [0.5, 0.6) is 0 Å². The Hall–Kier alpha value is -0.620. The zero-order valence-electron chi connectivity index (χ0n) is 14.2. The fourth-order valence-electron chi connectivity index (χ4n) is 3.39. The van der Waals surface area contributed by atoms with Gasteiger partial charge in [-0.15, -0.1) is 23.7 Å². The second-order valence-corrected chi connectivity index (χ2v) is 8.57. The number of ether oxygens (including phenoxy) is 1. The van der Waals surface area contributed by atoms with Crippen LogP contribution in [0.25, 0.3) is 0 Å². The SMILES string of the molecule is Cc1sc([C@@H]2C[C@H]2NCC2CC2)cc1C(=O)NC1CCOCC1.Cl. The number of nitrogens with one attached hydrogen (secondary N) is 2. The molecule has 4 nitrogen and oxygen atoms in total. The molecule has 1 aromatic heterocycles. The Morgan fingerprint density at radius 2 is 2.04 bits per heavy atom. The van der Waals surface area contributed by atoms with E-state index in [1.54, 1.807) is 11.3 Å². The lowest BCUT2D eigenvalue weighted by Gasteiger charge is -2.23. The standard InChI is InChI=1S/C18H26N2O2S.ClH/c1-11-14(18(21)20-13-4-6-22-7-5-13)9-17(23-11)15-8-16(15)19-10-12-2-3-12;/h9,12-13,15-16,19H,2-8,10H2,1H3,(H,20,21);1H/t15-,16-;/m1./s1. The van der Waals surface area contributed by atoms with Crippen molar-refractivity contribution in [2.24, 2.45) is 5.92 Å². The van der Waals surface area contributed by atoms with Crippen molar-refractivity contribution in [3.05, 3.63) is 21.4 Å². The van der Waals surface area contributed by atoms with Gasteiger partial charge in [-0.05, 0) is 57.6 Å². The molecule has 3 aliphatic rings.